The lowest BCUT2D eigenvalue weighted by Gasteiger charge is -2.29. The van der Waals surface area contributed by atoms with Crippen molar-refractivity contribution in [3.05, 3.63) is 216 Å². The highest BCUT2D eigenvalue weighted by atomic mass is 31.1. The Morgan fingerprint density at radius 3 is 1.53 bits per heavy atom. The lowest BCUT2D eigenvalue weighted by molar-refractivity contribution is 1.23. The normalized spacial score (nSPS) is 14.3. The van der Waals surface area contributed by atoms with Gasteiger partial charge in [-0.15, -0.1) is 0 Å². The number of benzene rings is 6. The van der Waals surface area contributed by atoms with Gasteiger partial charge < -0.3 is 0 Å². The standard InChI is InChI=1S/C45H34P2/c1-5-20-37(21-6-1)46(38-22-7-2-8-23-38)42-31-29-34-17-13-14-19-36(33-34)44(42)45-41-28-16-15-18-35(41)30-32-43(45)47(39-24-9-3-10-25-39)40-26-11-4-12-27-40/h1-32H,33H2. The smallest absolute Gasteiger partial charge is 0.00122 e. The molecule has 0 amide bonds. The predicted molar refractivity (Wildman–Crippen MR) is 208 cm³/mol. The molecule has 0 N–H and O–H groups in total. The fraction of sp³-hybridized carbons (Fsp3) is 0.0222. The molecule has 47 heavy (non-hydrogen) atoms. The molecule has 6 aromatic carbocycles. The summed E-state index contributed by atoms with van der Waals surface area (Å²) in [5.74, 6) is 0. The Bertz CT molecular complexity index is 2110. The molecule has 8 rings (SSSR count). The molecule has 2 aliphatic rings. The van der Waals surface area contributed by atoms with Gasteiger partial charge in [-0.3, -0.25) is 0 Å². The minimum atomic E-state index is -0.869. The van der Waals surface area contributed by atoms with E-state index in [-0.39, 0.29) is 0 Å². The van der Waals surface area contributed by atoms with Gasteiger partial charge >= 0.3 is 0 Å². The van der Waals surface area contributed by atoms with Crippen LogP contribution in [0.25, 0.3) is 16.3 Å². The fourth-order valence-electron chi connectivity index (χ4n) is 6.76. The summed E-state index contributed by atoms with van der Waals surface area (Å²) in [5.41, 5.74) is 5.45. The number of allylic oxidation sites excluding steroid dienone is 10. The Morgan fingerprint density at radius 2 is 0.936 bits per heavy atom. The molecule has 0 aromatic heterocycles. The summed E-state index contributed by atoms with van der Waals surface area (Å²) in [7, 11) is -1.72. The molecular formula is C45H34P2. The number of hydrogen-bond donors (Lipinski definition) is 0. The van der Waals surface area contributed by atoms with Crippen molar-refractivity contribution in [2.75, 3.05) is 0 Å². The molecule has 2 bridgehead atoms. The largest absolute Gasteiger partial charge is 0.0622 e. The summed E-state index contributed by atoms with van der Waals surface area (Å²) in [6.45, 7) is 0. The van der Waals surface area contributed by atoms with E-state index in [9.17, 15) is 0 Å². The van der Waals surface area contributed by atoms with Crippen LogP contribution in [0.1, 0.15) is 12.0 Å². The molecule has 0 radical (unpaired) electrons. The second-order valence-corrected chi connectivity index (χ2v) is 16.2. The Labute approximate surface area is 280 Å². The van der Waals surface area contributed by atoms with Crippen LogP contribution in [-0.4, -0.2) is 0 Å². The van der Waals surface area contributed by atoms with Crippen LogP contribution in [0.15, 0.2) is 211 Å². The van der Waals surface area contributed by atoms with Gasteiger partial charge in [0.25, 0.3) is 0 Å². The zero-order valence-corrected chi connectivity index (χ0v) is 27.9. The molecule has 0 fully saturated rings. The third-order valence-electron chi connectivity index (χ3n) is 8.84. The van der Waals surface area contributed by atoms with E-state index in [1.54, 1.807) is 0 Å². The number of hydrogen-bond acceptors (Lipinski definition) is 0. The minimum Gasteiger partial charge on any atom is -0.0622 e. The quantitative estimate of drug-likeness (QED) is 0.153. The van der Waals surface area contributed by atoms with Crippen molar-refractivity contribution >= 4 is 58.7 Å². The predicted octanol–water partition coefficient (Wildman–Crippen LogP) is 9.82. The highest BCUT2D eigenvalue weighted by Crippen LogP contribution is 2.53. The Balaban J connectivity index is 1.52. The maximum Gasteiger partial charge on any atom is -0.00122 e. The second-order valence-electron chi connectivity index (χ2n) is 11.8. The van der Waals surface area contributed by atoms with Gasteiger partial charge in [0, 0.05) is 0 Å². The van der Waals surface area contributed by atoms with Crippen LogP contribution in [0, 0.1) is 0 Å². The summed E-state index contributed by atoms with van der Waals surface area (Å²) in [6, 6.07) is 58.3. The lowest BCUT2D eigenvalue weighted by atomic mass is 9.90. The molecular weight excluding hydrogens is 602 g/mol. The molecule has 6 aromatic rings. The van der Waals surface area contributed by atoms with E-state index in [0.717, 1.165) is 6.42 Å². The van der Waals surface area contributed by atoms with Crippen LogP contribution in [0.5, 0.6) is 0 Å². The van der Waals surface area contributed by atoms with Gasteiger partial charge in [0.1, 0.15) is 0 Å². The van der Waals surface area contributed by atoms with Crippen molar-refractivity contribution in [2.24, 2.45) is 0 Å². The first kappa shape index (κ1) is 29.5. The molecule has 0 saturated carbocycles. The van der Waals surface area contributed by atoms with E-state index < -0.39 is 15.8 Å². The zero-order chi connectivity index (χ0) is 31.4. The average Bonchev–Trinajstić information content (AvgIpc) is 3.48. The van der Waals surface area contributed by atoms with Gasteiger partial charge in [-0.25, -0.2) is 0 Å². The van der Waals surface area contributed by atoms with Crippen LogP contribution in [-0.2, 0) is 0 Å². The summed E-state index contributed by atoms with van der Waals surface area (Å²) >= 11 is 0. The Hall–Kier alpha value is -4.86. The zero-order valence-electron chi connectivity index (χ0n) is 26.1. The van der Waals surface area contributed by atoms with Crippen LogP contribution in [0.3, 0.4) is 0 Å². The van der Waals surface area contributed by atoms with E-state index in [4.69, 9.17) is 0 Å². The topological polar surface area (TPSA) is 0 Å². The highest BCUT2D eigenvalue weighted by molar-refractivity contribution is 7.80. The monoisotopic (exact) mass is 636 g/mol. The first-order valence-electron chi connectivity index (χ1n) is 16.2. The van der Waals surface area contributed by atoms with E-state index >= 15 is 0 Å². The number of fused-ring (bicyclic) bond motifs is 3. The van der Waals surface area contributed by atoms with Gasteiger partial charge in [-0.1, -0.05) is 194 Å². The maximum atomic E-state index is 2.45. The summed E-state index contributed by atoms with van der Waals surface area (Å²) in [5, 5.41) is 10.8. The highest BCUT2D eigenvalue weighted by Gasteiger charge is 2.30. The molecule has 0 nitrogen and oxygen atoms in total. The molecule has 2 heteroatoms. The van der Waals surface area contributed by atoms with Crippen molar-refractivity contribution in [2.45, 2.75) is 6.42 Å². The van der Waals surface area contributed by atoms with Crippen LogP contribution >= 0.6 is 15.8 Å². The van der Waals surface area contributed by atoms with Crippen molar-refractivity contribution < 1.29 is 0 Å². The van der Waals surface area contributed by atoms with Gasteiger partial charge in [-0.2, -0.15) is 0 Å². The molecule has 0 aliphatic heterocycles. The van der Waals surface area contributed by atoms with Crippen molar-refractivity contribution in [3.8, 4) is 0 Å². The average molecular weight is 637 g/mol. The van der Waals surface area contributed by atoms with Gasteiger partial charge in [0.05, 0.1) is 0 Å². The molecule has 0 atom stereocenters. The van der Waals surface area contributed by atoms with Crippen LogP contribution in [0.4, 0.5) is 0 Å². The summed E-state index contributed by atoms with van der Waals surface area (Å²) < 4.78 is 0. The third-order valence-corrected chi connectivity index (χ3v) is 13.8. The van der Waals surface area contributed by atoms with Gasteiger partial charge in [-0.05, 0) is 87.2 Å². The first-order chi connectivity index (χ1) is 23.3. The molecule has 0 heterocycles. The van der Waals surface area contributed by atoms with Crippen molar-refractivity contribution in [1.29, 1.82) is 0 Å². The molecule has 0 spiro atoms. The molecule has 0 saturated heterocycles. The molecule has 224 valence electrons. The summed E-state index contributed by atoms with van der Waals surface area (Å²) in [4.78, 5) is 0. The van der Waals surface area contributed by atoms with E-state index in [2.05, 4.69) is 194 Å². The fourth-order valence-corrected chi connectivity index (χ4v) is 11.7. The van der Waals surface area contributed by atoms with E-state index in [0.29, 0.717) is 0 Å². The van der Waals surface area contributed by atoms with Crippen LogP contribution < -0.4 is 26.5 Å². The van der Waals surface area contributed by atoms with Crippen molar-refractivity contribution in [1.82, 2.24) is 0 Å². The number of rotatable bonds is 7. The lowest BCUT2D eigenvalue weighted by Crippen LogP contribution is -2.24. The van der Waals surface area contributed by atoms with Gasteiger partial charge in [0.2, 0.25) is 0 Å². The SMILES string of the molecule is C1=CC=C2CC(=C1)C=CC(P(c1ccccc1)c1ccccc1)=C2c1c(P(c2ccccc2)c2ccccc2)ccc2ccccc12. The maximum absolute atomic E-state index is 2.45. The van der Waals surface area contributed by atoms with Crippen LogP contribution in [0.2, 0.25) is 0 Å². The van der Waals surface area contributed by atoms with E-state index in [1.807, 2.05) is 0 Å². The Morgan fingerprint density at radius 1 is 0.426 bits per heavy atom. The van der Waals surface area contributed by atoms with E-state index in [1.165, 1.54) is 64.9 Å². The van der Waals surface area contributed by atoms with Crippen molar-refractivity contribution in [3.63, 3.8) is 0 Å². The molecule has 0 unspecified atom stereocenters. The first-order valence-corrected chi connectivity index (χ1v) is 18.9. The summed E-state index contributed by atoms with van der Waals surface area (Å²) in [6.07, 6.45) is 14.8. The Kier molecular flexibility index (Phi) is 8.47. The third kappa shape index (κ3) is 5.92. The minimum absolute atomic E-state index is 0.855. The van der Waals surface area contributed by atoms with Gasteiger partial charge in [0.15, 0.2) is 0 Å². The molecule has 2 aliphatic carbocycles. The second kappa shape index (κ2) is 13.5.